The average molecular weight is 250 g/mol. The standard InChI is InChI=1S/C12H15O2.Co/c1-7-8(2)11(10(14)6-13)12(4,5)9(7)3;/h1-5H3;. The molecule has 1 rings (SSSR count). The third kappa shape index (κ3) is 1.74. The fourth-order valence-corrected chi connectivity index (χ4v) is 2.27. The molecule has 0 saturated heterocycles. The molecular weight excluding hydrogens is 235 g/mol. The van der Waals surface area contributed by atoms with Crippen LogP contribution >= 0.6 is 0 Å². The number of hydrogen-bond acceptors (Lipinski definition) is 2. The molecular formula is C12H15CoO2. The molecule has 0 N–H and O–H groups in total. The van der Waals surface area contributed by atoms with Gasteiger partial charge in [-0.3, -0.25) is 0 Å². The first-order valence-electron chi connectivity index (χ1n) is 4.82. The summed E-state index contributed by atoms with van der Waals surface area (Å²) in [6.07, 6.45) is 0. The van der Waals surface area contributed by atoms with Crippen LogP contribution in [0.5, 0.6) is 0 Å². The van der Waals surface area contributed by atoms with Crippen LogP contribution in [0.3, 0.4) is 0 Å². The molecule has 0 aromatic carbocycles. The normalized spacial score (nSPS) is 19.9. The Hall–Kier alpha value is -0.674. The molecule has 1 aliphatic rings. The molecule has 0 saturated carbocycles. The molecule has 0 atom stereocenters. The molecule has 2 nitrogen and oxygen atoms in total. The van der Waals surface area contributed by atoms with Crippen LogP contribution in [0.2, 0.25) is 0 Å². The Morgan fingerprint density at radius 2 is 1.53 bits per heavy atom. The van der Waals surface area contributed by atoms with E-state index in [2.05, 4.69) is 15.7 Å². The summed E-state index contributed by atoms with van der Waals surface area (Å²) in [6.45, 7) is 9.80. The van der Waals surface area contributed by atoms with Crippen molar-refractivity contribution >= 4 is 10.5 Å². The number of allylic oxidation sites excluding steroid dienone is 4. The van der Waals surface area contributed by atoms with Crippen molar-refractivity contribution in [2.45, 2.75) is 34.6 Å². The van der Waals surface area contributed by atoms with Gasteiger partial charge in [0, 0.05) is 0 Å². The van der Waals surface area contributed by atoms with E-state index >= 15 is 0 Å². The van der Waals surface area contributed by atoms with Crippen LogP contribution in [-0.4, -0.2) is 10.5 Å². The third-order valence-electron chi connectivity index (χ3n) is 3.46. The minimum absolute atomic E-state index is 0.345. The van der Waals surface area contributed by atoms with Gasteiger partial charge in [0.25, 0.3) is 0 Å². The number of ketones is 1. The average Bonchev–Trinajstić information content (AvgIpc) is 2.27. The van der Waals surface area contributed by atoms with Crippen LogP contribution in [0.4, 0.5) is 0 Å². The molecule has 0 fully saturated rings. The summed E-state index contributed by atoms with van der Waals surface area (Å²) in [4.78, 5) is 22.8. The van der Waals surface area contributed by atoms with Gasteiger partial charge in [-0.05, 0) is 0 Å². The van der Waals surface area contributed by atoms with Crippen molar-refractivity contribution in [1.29, 1.82) is 0 Å². The van der Waals surface area contributed by atoms with E-state index in [1.165, 1.54) is 0 Å². The van der Waals surface area contributed by atoms with Crippen LogP contribution in [0.1, 0.15) is 34.6 Å². The number of carbonyl (C=O) groups is 2. The van der Waals surface area contributed by atoms with Gasteiger partial charge in [0.2, 0.25) is 0 Å². The first-order chi connectivity index (χ1) is 6.71. The van der Waals surface area contributed by atoms with Gasteiger partial charge in [0.1, 0.15) is 0 Å². The molecule has 0 unspecified atom stereocenters. The van der Waals surface area contributed by atoms with Gasteiger partial charge in [-0.25, -0.2) is 0 Å². The molecule has 0 bridgehead atoms. The zero-order valence-corrected chi connectivity index (χ0v) is 10.7. The van der Waals surface area contributed by atoms with Gasteiger partial charge in [0.15, 0.2) is 0 Å². The molecule has 15 heavy (non-hydrogen) atoms. The van der Waals surface area contributed by atoms with Crippen molar-refractivity contribution in [3.05, 3.63) is 22.3 Å². The topological polar surface area (TPSA) is 34.1 Å². The summed E-state index contributed by atoms with van der Waals surface area (Å²) in [7, 11) is 0. The number of carbonyl (C=O) groups excluding carboxylic acids is 2. The summed E-state index contributed by atoms with van der Waals surface area (Å²) < 4.78 is -0.688. The predicted octanol–water partition coefficient (Wildman–Crippen LogP) is 2.32. The van der Waals surface area contributed by atoms with Crippen LogP contribution in [0, 0.1) is 5.41 Å². The van der Waals surface area contributed by atoms with Crippen molar-refractivity contribution in [2.75, 3.05) is 0 Å². The van der Waals surface area contributed by atoms with Crippen LogP contribution in [0.25, 0.3) is 0 Å². The van der Waals surface area contributed by atoms with Crippen molar-refractivity contribution in [2.24, 2.45) is 5.41 Å². The third-order valence-corrected chi connectivity index (χ3v) is 3.69. The van der Waals surface area contributed by atoms with E-state index in [9.17, 15) is 9.59 Å². The van der Waals surface area contributed by atoms with Crippen molar-refractivity contribution in [3.63, 3.8) is 0 Å². The zero-order chi connectivity index (χ0) is 12.0. The second-order valence-electron chi connectivity index (χ2n) is 4.46. The zero-order valence-electron chi connectivity index (χ0n) is 9.65. The summed E-state index contributed by atoms with van der Waals surface area (Å²) in [5.41, 5.74) is 3.43. The summed E-state index contributed by atoms with van der Waals surface area (Å²) >= 11 is 3.66. The molecule has 1 aliphatic carbocycles. The summed E-state index contributed by atoms with van der Waals surface area (Å²) in [5.74, 6) is -0.478. The molecule has 0 radical (unpaired) electrons. The van der Waals surface area contributed by atoms with E-state index in [0.717, 1.165) is 16.7 Å². The maximum atomic E-state index is 11.8. The molecule has 0 aromatic rings. The van der Waals surface area contributed by atoms with Crippen molar-refractivity contribution in [3.8, 4) is 0 Å². The van der Waals surface area contributed by atoms with Crippen LogP contribution in [-0.2, 0) is 25.3 Å². The first-order valence-corrected chi connectivity index (χ1v) is 5.35. The second-order valence-corrected chi connectivity index (χ2v) is 4.93. The Labute approximate surface area is 98.4 Å². The van der Waals surface area contributed by atoms with Crippen molar-refractivity contribution in [1.82, 2.24) is 0 Å². The Morgan fingerprint density at radius 3 is 1.80 bits per heavy atom. The van der Waals surface area contributed by atoms with E-state index in [1.54, 1.807) is 0 Å². The number of Topliss-reactive ketones (excluding diaryl/α,β-unsaturated/α-hetero) is 1. The fraction of sp³-hybridized carbons (Fsp3) is 0.500. The van der Waals surface area contributed by atoms with Gasteiger partial charge < -0.3 is 0 Å². The van der Waals surface area contributed by atoms with Gasteiger partial charge in [-0.1, -0.05) is 0 Å². The second kappa shape index (κ2) is 3.72. The first kappa shape index (κ1) is 12.4. The minimum atomic E-state index is -0.688. The van der Waals surface area contributed by atoms with Gasteiger partial charge in [0.05, 0.1) is 0 Å². The van der Waals surface area contributed by atoms with Crippen LogP contribution in [0.15, 0.2) is 22.3 Å². The number of rotatable bonds is 2. The molecule has 0 aromatic heterocycles. The number of hydrogen-bond donors (Lipinski definition) is 0. The van der Waals surface area contributed by atoms with Crippen molar-refractivity contribution < 1.29 is 25.3 Å². The van der Waals surface area contributed by atoms with Gasteiger partial charge >= 0.3 is 98.2 Å². The summed E-state index contributed by atoms with van der Waals surface area (Å²) in [5, 5.41) is 0. The molecule has 0 amide bonds. The Balaban J connectivity index is 3.35. The molecule has 3 heteroatoms. The van der Waals surface area contributed by atoms with E-state index in [1.807, 2.05) is 34.6 Å². The van der Waals surface area contributed by atoms with Crippen LogP contribution < -0.4 is 0 Å². The Kier molecular flexibility index (Phi) is 3.08. The van der Waals surface area contributed by atoms with E-state index in [0.29, 0.717) is 5.57 Å². The quantitative estimate of drug-likeness (QED) is 0.705. The summed E-state index contributed by atoms with van der Waals surface area (Å²) in [6, 6.07) is 0. The molecule has 0 spiro atoms. The molecule has 0 aliphatic heterocycles. The SMILES string of the molecule is CC1=C(C)C(C)(C)C(C(=O)[C](=O)[Co])=C1C. The Bertz CT molecular complexity index is 411. The predicted molar refractivity (Wildman–Crippen MR) is 54.9 cm³/mol. The van der Waals surface area contributed by atoms with Gasteiger partial charge in [-0.15, -0.1) is 0 Å². The Morgan fingerprint density at radius 1 is 1.07 bits per heavy atom. The maximum absolute atomic E-state index is 11.8. The van der Waals surface area contributed by atoms with E-state index in [-0.39, 0.29) is 5.41 Å². The monoisotopic (exact) mass is 250 g/mol. The van der Waals surface area contributed by atoms with E-state index in [4.69, 9.17) is 0 Å². The fourth-order valence-electron chi connectivity index (χ4n) is 2.14. The van der Waals surface area contributed by atoms with Gasteiger partial charge in [-0.2, -0.15) is 0 Å². The molecule has 0 heterocycles. The molecule has 84 valence electrons. The van der Waals surface area contributed by atoms with E-state index < -0.39 is 10.5 Å².